The van der Waals surface area contributed by atoms with Gasteiger partial charge in [-0.3, -0.25) is 0 Å². The quantitative estimate of drug-likeness (QED) is 0.745. The van der Waals surface area contributed by atoms with Crippen LogP contribution >= 0.6 is 22.9 Å². The predicted octanol–water partition coefficient (Wildman–Crippen LogP) is 4.66. The summed E-state index contributed by atoms with van der Waals surface area (Å²) in [5.74, 6) is 0.521. The van der Waals surface area contributed by atoms with E-state index in [1.165, 1.54) is 29.1 Å². The van der Waals surface area contributed by atoms with E-state index in [1.807, 2.05) is 0 Å². The van der Waals surface area contributed by atoms with Gasteiger partial charge in [-0.2, -0.15) is 0 Å². The van der Waals surface area contributed by atoms with Crippen LogP contribution in [0.4, 0.5) is 5.69 Å². The molecule has 1 aromatic carbocycles. The van der Waals surface area contributed by atoms with Gasteiger partial charge in [0, 0.05) is 30.1 Å². The first-order chi connectivity index (χ1) is 10.3. The minimum absolute atomic E-state index is 0.521. The zero-order valence-electron chi connectivity index (χ0n) is 12.4. The largest absolute Gasteiger partial charge is 0.369 e. The SMILES string of the molecule is CC1CCc2ccccc2N1CCCc1nc(CCl)cs1. The van der Waals surface area contributed by atoms with Crippen molar-refractivity contribution in [3.05, 3.63) is 45.9 Å². The van der Waals surface area contributed by atoms with Crippen molar-refractivity contribution in [1.29, 1.82) is 0 Å². The van der Waals surface area contributed by atoms with E-state index in [4.69, 9.17) is 11.6 Å². The Balaban J connectivity index is 1.62. The summed E-state index contributed by atoms with van der Waals surface area (Å²) in [6.07, 6.45) is 4.66. The Kier molecular flexibility index (Phi) is 4.81. The van der Waals surface area contributed by atoms with Gasteiger partial charge < -0.3 is 4.90 Å². The molecule has 0 spiro atoms. The highest BCUT2D eigenvalue weighted by Gasteiger charge is 2.22. The summed E-state index contributed by atoms with van der Waals surface area (Å²) in [5, 5.41) is 3.28. The van der Waals surface area contributed by atoms with Crippen LogP contribution < -0.4 is 4.90 Å². The lowest BCUT2D eigenvalue weighted by molar-refractivity contribution is 0.551. The van der Waals surface area contributed by atoms with Gasteiger partial charge in [0.05, 0.1) is 16.6 Å². The molecule has 21 heavy (non-hydrogen) atoms. The summed E-state index contributed by atoms with van der Waals surface area (Å²) in [6.45, 7) is 3.44. The van der Waals surface area contributed by atoms with Crippen molar-refractivity contribution in [3.8, 4) is 0 Å². The van der Waals surface area contributed by atoms with Crippen molar-refractivity contribution in [1.82, 2.24) is 4.98 Å². The van der Waals surface area contributed by atoms with Gasteiger partial charge in [-0.05, 0) is 37.8 Å². The fourth-order valence-corrected chi connectivity index (χ4v) is 4.10. The standard InChI is InChI=1S/C17H21ClN2S/c1-13-8-9-14-5-2-3-6-16(14)20(13)10-4-7-17-19-15(11-18)12-21-17/h2-3,5-6,12-13H,4,7-11H2,1H3. The van der Waals surface area contributed by atoms with E-state index >= 15 is 0 Å². The van der Waals surface area contributed by atoms with Crippen molar-refractivity contribution in [2.45, 2.75) is 44.5 Å². The number of nitrogens with zero attached hydrogens (tertiary/aromatic N) is 2. The third-order valence-electron chi connectivity index (χ3n) is 4.19. The van der Waals surface area contributed by atoms with Crippen LogP contribution in [0.5, 0.6) is 0 Å². The molecule has 1 unspecified atom stereocenters. The van der Waals surface area contributed by atoms with E-state index in [9.17, 15) is 0 Å². The minimum Gasteiger partial charge on any atom is -0.369 e. The Morgan fingerprint density at radius 3 is 3.05 bits per heavy atom. The fourth-order valence-electron chi connectivity index (χ4n) is 3.03. The van der Waals surface area contributed by atoms with Crippen LogP contribution in [0.15, 0.2) is 29.6 Å². The first-order valence-corrected chi connectivity index (χ1v) is 9.03. The molecule has 0 aliphatic carbocycles. The Bertz CT molecular complexity index is 596. The molecule has 2 heterocycles. The van der Waals surface area contributed by atoms with E-state index in [0.717, 1.165) is 25.1 Å². The molecule has 0 saturated carbocycles. The zero-order chi connectivity index (χ0) is 14.7. The lowest BCUT2D eigenvalue weighted by Crippen LogP contribution is -2.38. The molecular formula is C17H21ClN2S. The Morgan fingerprint density at radius 2 is 2.24 bits per heavy atom. The molecule has 4 heteroatoms. The number of hydrogen-bond donors (Lipinski definition) is 0. The smallest absolute Gasteiger partial charge is 0.0929 e. The molecule has 0 saturated heterocycles. The molecule has 112 valence electrons. The second kappa shape index (κ2) is 6.80. The fraction of sp³-hybridized carbons (Fsp3) is 0.471. The lowest BCUT2D eigenvalue weighted by atomic mass is 9.96. The molecule has 1 aliphatic rings. The first-order valence-electron chi connectivity index (χ1n) is 7.61. The normalized spacial score (nSPS) is 17.8. The maximum Gasteiger partial charge on any atom is 0.0929 e. The van der Waals surface area contributed by atoms with Gasteiger partial charge in [-0.15, -0.1) is 22.9 Å². The highest BCUT2D eigenvalue weighted by molar-refractivity contribution is 7.09. The van der Waals surface area contributed by atoms with Crippen molar-refractivity contribution in [2.75, 3.05) is 11.4 Å². The summed E-state index contributed by atoms with van der Waals surface area (Å²) >= 11 is 7.54. The monoisotopic (exact) mass is 320 g/mol. The molecular weight excluding hydrogens is 300 g/mol. The molecule has 0 N–H and O–H groups in total. The molecule has 2 nitrogen and oxygen atoms in total. The van der Waals surface area contributed by atoms with E-state index in [1.54, 1.807) is 11.3 Å². The Hall–Kier alpha value is -1.06. The number of halogens is 1. The zero-order valence-corrected chi connectivity index (χ0v) is 14.0. The summed E-state index contributed by atoms with van der Waals surface area (Å²) in [7, 11) is 0. The average Bonchev–Trinajstić information content (AvgIpc) is 2.97. The van der Waals surface area contributed by atoms with Gasteiger partial charge in [-0.1, -0.05) is 18.2 Å². The maximum absolute atomic E-state index is 5.81. The van der Waals surface area contributed by atoms with Gasteiger partial charge in [-0.25, -0.2) is 4.98 Å². The molecule has 0 amide bonds. The highest BCUT2D eigenvalue weighted by atomic mass is 35.5. The molecule has 0 radical (unpaired) electrons. The number of aromatic nitrogens is 1. The third-order valence-corrected chi connectivity index (χ3v) is 5.42. The Morgan fingerprint density at radius 1 is 1.38 bits per heavy atom. The molecule has 0 bridgehead atoms. The van der Waals surface area contributed by atoms with Crippen LogP contribution in [0.1, 0.15) is 36.0 Å². The van der Waals surface area contributed by atoms with E-state index < -0.39 is 0 Å². The van der Waals surface area contributed by atoms with E-state index in [-0.39, 0.29) is 0 Å². The van der Waals surface area contributed by atoms with Crippen molar-refractivity contribution in [3.63, 3.8) is 0 Å². The number of alkyl halides is 1. The number of rotatable bonds is 5. The molecule has 1 atom stereocenters. The molecule has 1 aromatic heterocycles. The summed E-state index contributed by atoms with van der Waals surface area (Å²) < 4.78 is 0. The third kappa shape index (κ3) is 3.41. The van der Waals surface area contributed by atoms with Gasteiger partial charge in [0.1, 0.15) is 0 Å². The van der Waals surface area contributed by atoms with Crippen molar-refractivity contribution in [2.24, 2.45) is 0 Å². The lowest BCUT2D eigenvalue weighted by Gasteiger charge is -2.37. The number of benzene rings is 1. The van der Waals surface area contributed by atoms with Crippen LogP contribution in [0.2, 0.25) is 0 Å². The number of para-hydroxylation sites is 1. The number of thiazole rings is 1. The summed E-state index contributed by atoms with van der Waals surface area (Å²) in [5.41, 5.74) is 3.93. The summed E-state index contributed by atoms with van der Waals surface area (Å²) in [4.78, 5) is 7.11. The second-order valence-electron chi connectivity index (χ2n) is 5.68. The average molecular weight is 321 g/mol. The maximum atomic E-state index is 5.81. The van der Waals surface area contributed by atoms with Crippen LogP contribution in [0, 0.1) is 0 Å². The summed E-state index contributed by atoms with van der Waals surface area (Å²) in [6, 6.07) is 9.46. The first kappa shape index (κ1) is 14.9. The highest BCUT2D eigenvalue weighted by Crippen LogP contribution is 2.30. The van der Waals surface area contributed by atoms with Crippen molar-refractivity contribution >= 4 is 28.6 Å². The molecule has 2 aromatic rings. The number of aryl methyl sites for hydroxylation is 2. The number of fused-ring (bicyclic) bond motifs is 1. The van der Waals surface area contributed by atoms with E-state index in [0.29, 0.717) is 11.9 Å². The van der Waals surface area contributed by atoms with Gasteiger partial charge in [0.15, 0.2) is 0 Å². The van der Waals surface area contributed by atoms with Gasteiger partial charge in [0.2, 0.25) is 0 Å². The van der Waals surface area contributed by atoms with Crippen LogP contribution in [0.25, 0.3) is 0 Å². The number of anilines is 1. The number of hydrogen-bond acceptors (Lipinski definition) is 3. The predicted molar refractivity (Wildman–Crippen MR) is 91.6 cm³/mol. The molecule has 0 fully saturated rings. The van der Waals surface area contributed by atoms with Crippen LogP contribution in [-0.2, 0) is 18.7 Å². The van der Waals surface area contributed by atoms with Crippen molar-refractivity contribution < 1.29 is 0 Å². The molecule has 1 aliphatic heterocycles. The van der Waals surface area contributed by atoms with Crippen LogP contribution in [0.3, 0.4) is 0 Å². The minimum atomic E-state index is 0.521. The molecule has 3 rings (SSSR count). The Labute approximate surface area is 135 Å². The second-order valence-corrected chi connectivity index (χ2v) is 6.89. The van der Waals surface area contributed by atoms with E-state index in [2.05, 4.69) is 46.5 Å². The topological polar surface area (TPSA) is 16.1 Å². The van der Waals surface area contributed by atoms with Crippen LogP contribution in [-0.4, -0.2) is 17.6 Å². The van der Waals surface area contributed by atoms with Gasteiger partial charge in [0.25, 0.3) is 0 Å². The van der Waals surface area contributed by atoms with Gasteiger partial charge >= 0.3 is 0 Å².